The lowest BCUT2D eigenvalue weighted by Crippen LogP contribution is -2.33. The number of halogens is 3. The first kappa shape index (κ1) is 25.9. The zero-order valence-electron chi connectivity index (χ0n) is 20.4. The van der Waals surface area contributed by atoms with Gasteiger partial charge in [0.1, 0.15) is 0 Å². The number of nitrogens with zero attached hydrogens (tertiary/aromatic N) is 1. The molecule has 0 heterocycles. The number of rotatable bonds is 8. The molecule has 0 saturated heterocycles. The van der Waals surface area contributed by atoms with Gasteiger partial charge in [-0.15, -0.1) is 0 Å². The molecule has 0 spiro atoms. The number of hydrogen-bond donors (Lipinski definition) is 1. The average Bonchev–Trinajstić information content (AvgIpc) is 3.63. The first-order chi connectivity index (χ1) is 16.6. The van der Waals surface area contributed by atoms with Gasteiger partial charge in [-0.2, -0.15) is 0 Å². The molecule has 1 fully saturated rings. The Hall–Kier alpha value is -2.20. The Morgan fingerprint density at radius 1 is 0.914 bits per heavy atom. The van der Waals surface area contributed by atoms with E-state index in [9.17, 15) is 4.79 Å². The quantitative estimate of drug-likeness (QED) is 0.318. The molecule has 1 N–H and O–H groups in total. The maximum absolute atomic E-state index is 13.9. The SMILES string of the molecule is CC(C)(C)c1ccc(CN(CCc2ccc(Cl)c(Cl)c2)C(=O)c2cc(Cl)ccc2NC2CC2)cc1. The van der Waals surface area contributed by atoms with E-state index in [0.717, 1.165) is 29.7 Å². The summed E-state index contributed by atoms with van der Waals surface area (Å²) in [5.74, 6) is -0.0457. The summed E-state index contributed by atoms with van der Waals surface area (Å²) in [6, 6.07) is 20.1. The van der Waals surface area contributed by atoms with Crippen LogP contribution in [0.15, 0.2) is 60.7 Å². The van der Waals surface area contributed by atoms with Crippen molar-refractivity contribution in [1.82, 2.24) is 4.90 Å². The van der Waals surface area contributed by atoms with Crippen molar-refractivity contribution in [3.63, 3.8) is 0 Å². The van der Waals surface area contributed by atoms with Crippen LogP contribution in [0.4, 0.5) is 5.69 Å². The molecule has 6 heteroatoms. The summed E-state index contributed by atoms with van der Waals surface area (Å²) >= 11 is 18.6. The summed E-state index contributed by atoms with van der Waals surface area (Å²) in [6.07, 6.45) is 2.91. The highest BCUT2D eigenvalue weighted by Crippen LogP contribution is 2.30. The minimum absolute atomic E-state index is 0.0457. The maximum atomic E-state index is 13.9. The van der Waals surface area contributed by atoms with Crippen LogP contribution in [0.25, 0.3) is 0 Å². The monoisotopic (exact) mass is 528 g/mol. The van der Waals surface area contributed by atoms with Crippen LogP contribution in [0.1, 0.15) is 60.7 Å². The van der Waals surface area contributed by atoms with Gasteiger partial charge in [-0.1, -0.05) is 85.9 Å². The molecular weight excluding hydrogens is 499 g/mol. The second kappa shape index (κ2) is 10.8. The first-order valence-electron chi connectivity index (χ1n) is 12.0. The van der Waals surface area contributed by atoms with Crippen LogP contribution in [0.2, 0.25) is 15.1 Å². The van der Waals surface area contributed by atoms with Gasteiger partial charge in [0.25, 0.3) is 5.91 Å². The number of amides is 1. The van der Waals surface area contributed by atoms with E-state index in [1.165, 1.54) is 5.56 Å². The second-order valence-corrected chi connectivity index (χ2v) is 11.5. The van der Waals surface area contributed by atoms with Crippen molar-refractivity contribution in [3.8, 4) is 0 Å². The van der Waals surface area contributed by atoms with E-state index >= 15 is 0 Å². The van der Waals surface area contributed by atoms with E-state index < -0.39 is 0 Å². The Balaban J connectivity index is 1.60. The van der Waals surface area contributed by atoms with Crippen molar-refractivity contribution in [2.45, 2.75) is 58.0 Å². The van der Waals surface area contributed by atoms with Crippen molar-refractivity contribution < 1.29 is 4.79 Å². The third kappa shape index (κ3) is 6.94. The van der Waals surface area contributed by atoms with E-state index in [2.05, 4.69) is 50.4 Å². The molecule has 0 bridgehead atoms. The highest BCUT2D eigenvalue weighted by Gasteiger charge is 2.25. The molecule has 1 amide bonds. The molecule has 3 aromatic carbocycles. The molecule has 1 aliphatic rings. The van der Waals surface area contributed by atoms with Crippen molar-refractivity contribution in [2.75, 3.05) is 11.9 Å². The third-order valence-corrected chi connectivity index (χ3v) is 7.26. The van der Waals surface area contributed by atoms with Crippen LogP contribution in [0.3, 0.4) is 0 Å². The molecule has 184 valence electrons. The highest BCUT2D eigenvalue weighted by molar-refractivity contribution is 6.42. The van der Waals surface area contributed by atoms with Gasteiger partial charge in [0.2, 0.25) is 0 Å². The molecule has 1 saturated carbocycles. The van der Waals surface area contributed by atoms with Gasteiger partial charge < -0.3 is 10.2 Å². The second-order valence-electron chi connectivity index (χ2n) is 10.3. The average molecular weight is 530 g/mol. The lowest BCUT2D eigenvalue weighted by Gasteiger charge is -2.25. The van der Waals surface area contributed by atoms with Gasteiger partial charge >= 0.3 is 0 Å². The van der Waals surface area contributed by atoms with Gasteiger partial charge in [-0.25, -0.2) is 0 Å². The smallest absolute Gasteiger partial charge is 0.256 e. The molecule has 4 rings (SSSR count). The van der Waals surface area contributed by atoms with Crippen LogP contribution in [0, 0.1) is 0 Å². The van der Waals surface area contributed by atoms with Gasteiger partial charge in [-0.05, 0) is 71.7 Å². The maximum Gasteiger partial charge on any atom is 0.256 e. The number of carbonyl (C=O) groups excluding carboxylic acids is 1. The van der Waals surface area contributed by atoms with Crippen LogP contribution in [-0.2, 0) is 18.4 Å². The van der Waals surface area contributed by atoms with E-state index in [1.54, 1.807) is 12.1 Å². The van der Waals surface area contributed by atoms with Crippen molar-refractivity contribution >= 4 is 46.4 Å². The van der Waals surface area contributed by atoms with Crippen molar-refractivity contribution in [1.29, 1.82) is 0 Å². The number of benzene rings is 3. The van der Waals surface area contributed by atoms with Crippen LogP contribution >= 0.6 is 34.8 Å². The molecule has 35 heavy (non-hydrogen) atoms. The Bertz CT molecular complexity index is 1200. The lowest BCUT2D eigenvalue weighted by atomic mass is 9.87. The van der Waals surface area contributed by atoms with E-state index in [1.807, 2.05) is 29.2 Å². The third-order valence-electron chi connectivity index (χ3n) is 6.28. The Morgan fingerprint density at radius 3 is 2.23 bits per heavy atom. The Kier molecular flexibility index (Phi) is 8.00. The molecule has 0 radical (unpaired) electrons. The van der Waals surface area contributed by atoms with Gasteiger partial charge in [0.15, 0.2) is 0 Å². The van der Waals surface area contributed by atoms with Crippen LogP contribution in [-0.4, -0.2) is 23.4 Å². The molecule has 0 unspecified atom stereocenters. The standard InChI is InChI=1S/C29H31Cl3N2O/c1-29(2,3)21-7-4-20(5-8-21)18-34(15-14-19-6-12-25(31)26(32)16-19)28(35)24-17-22(30)9-13-27(24)33-23-10-11-23/h4-9,12-13,16-17,23,33H,10-11,14-15,18H2,1-3H3. The van der Waals surface area contributed by atoms with Gasteiger partial charge in [-0.3, -0.25) is 4.79 Å². The zero-order chi connectivity index (χ0) is 25.2. The van der Waals surface area contributed by atoms with Gasteiger partial charge in [0.05, 0.1) is 15.6 Å². The number of anilines is 1. The number of carbonyl (C=O) groups is 1. The Morgan fingerprint density at radius 2 is 1.60 bits per heavy atom. The number of hydrogen-bond acceptors (Lipinski definition) is 2. The summed E-state index contributed by atoms with van der Waals surface area (Å²) in [5, 5.41) is 5.08. The van der Waals surface area contributed by atoms with E-state index in [4.69, 9.17) is 34.8 Å². The highest BCUT2D eigenvalue weighted by atomic mass is 35.5. The lowest BCUT2D eigenvalue weighted by molar-refractivity contribution is 0.0746. The molecule has 0 atom stereocenters. The van der Waals surface area contributed by atoms with E-state index in [0.29, 0.717) is 46.2 Å². The van der Waals surface area contributed by atoms with E-state index in [-0.39, 0.29) is 11.3 Å². The molecular formula is C29H31Cl3N2O. The summed E-state index contributed by atoms with van der Waals surface area (Å²) in [6.45, 7) is 7.63. The summed E-state index contributed by atoms with van der Waals surface area (Å²) < 4.78 is 0. The van der Waals surface area contributed by atoms with Crippen LogP contribution < -0.4 is 5.32 Å². The topological polar surface area (TPSA) is 32.3 Å². The van der Waals surface area contributed by atoms with Crippen LogP contribution in [0.5, 0.6) is 0 Å². The fourth-order valence-electron chi connectivity index (χ4n) is 3.98. The number of nitrogens with one attached hydrogen (secondary N) is 1. The molecule has 1 aliphatic carbocycles. The summed E-state index contributed by atoms with van der Waals surface area (Å²) in [5.41, 5.74) is 4.89. The fraction of sp³-hybridized carbons (Fsp3) is 0.345. The largest absolute Gasteiger partial charge is 0.382 e. The van der Waals surface area contributed by atoms with Gasteiger partial charge in [0, 0.05) is 29.8 Å². The predicted octanol–water partition coefficient (Wildman–Crippen LogP) is 8.40. The molecule has 0 aromatic heterocycles. The molecule has 0 aliphatic heterocycles. The zero-order valence-corrected chi connectivity index (χ0v) is 22.6. The minimum Gasteiger partial charge on any atom is -0.382 e. The molecule has 3 nitrogen and oxygen atoms in total. The normalized spacial score (nSPS) is 13.5. The van der Waals surface area contributed by atoms with Crippen molar-refractivity contribution in [2.24, 2.45) is 0 Å². The van der Waals surface area contributed by atoms with Crippen molar-refractivity contribution in [3.05, 3.63) is 98.0 Å². The first-order valence-corrected chi connectivity index (χ1v) is 13.1. The summed E-state index contributed by atoms with van der Waals surface area (Å²) in [7, 11) is 0. The predicted molar refractivity (Wildman–Crippen MR) is 148 cm³/mol. The molecule has 3 aromatic rings. The Labute approximate surface area is 223 Å². The minimum atomic E-state index is -0.0457. The summed E-state index contributed by atoms with van der Waals surface area (Å²) in [4.78, 5) is 15.8. The fourth-order valence-corrected chi connectivity index (χ4v) is 4.47.